The lowest BCUT2D eigenvalue weighted by molar-refractivity contribution is 0.0945. The quantitative estimate of drug-likeness (QED) is 0.786. The molecule has 1 aliphatic carbocycles. The number of benzene rings is 1. The van der Waals surface area contributed by atoms with Gasteiger partial charge in [0.2, 0.25) is 0 Å². The lowest BCUT2D eigenvalue weighted by atomic mass is 10.1. The Morgan fingerprint density at radius 1 is 1.04 bits per heavy atom. The number of halogens is 1. The van der Waals surface area contributed by atoms with E-state index in [-0.39, 0.29) is 5.91 Å². The minimum atomic E-state index is -0.233. The molecule has 0 spiro atoms. The highest BCUT2D eigenvalue weighted by Gasteiger charge is 2.13. The number of carbonyl (C=O) groups excluding carboxylic acids is 1. The molecule has 0 saturated heterocycles. The molecule has 1 aromatic heterocycles. The van der Waals surface area contributed by atoms with Crippen molar-refractivity contribution < 1.29 is 4.79 Å². The molecule has 6 heteroatoms. The first-order valence-corrected chi connectivity index (χ1v) is 9.20. The molecule has 2 aromatic rings. The Hall–Kier alpha value is -2.14. The standard InChI is InChI=1S/C19H23ClN4O/c20-15-9-7-14(8-10-15)11-23-19(25)17-12-22-18(13-21-17)24-16-5-3-1-2-4-6-16/h7-10,12-13,16H,1-6,11H2,(H,22,24)(H,23,25). The Morgan fingerprint density at radius 3 is 2.40 bits per heavy atom. The Kier molecular flexibility index (Phi) is 6.23. The second-order valence-electron chi connectivity index (χ2n) is 6.43. The van der Waals surface area contributed by atoms with E-state index in [1.54, 1.807) is 18.3 Å². The zero-order valence-electron chi connectivity index (χ0n) is 14.2. The topological polar surface area (TPSA) is 66.9 Å². The lowest BCUT2D eigenvalue weighted by Gasteiger charge is -2.16. The molecule has 132 valence electrons. The van der Waals surface area contributed by atoms with Gasteiger partial charge in [-0.05, 0) is 30.5 Å². The number of anilines is 1. The number of amides is 1. The van der Waals surface area contributed by atoms with Gasteiger partial charge in [0.1, 0.15) is 11.5 Å². The summed E-state index contributed by atoms with van der Waals surface area (Å²) < 4.78 is 0. The van der Waals surface area contributed by atoms with Crippen LogP contribution in [0.4, 0.5) is 5.82 Å². The number of hydrogen-bond donors (Lipinski definition) is 2. The molecule has 5 nitrogen and oxygen atoms in total. The van der Waals surface area contributed by atoms with Gasteiger partial charge in [0.15, 0.2) is 0 Å². The maximum Gasteiger partial charge on any atom is 0.271 e. The van der Waals surface area contributed by atoms with Gasteiger partial charge in [-0.15, -0.1) is 0 Å². The van der Waals surface area contributed by atoms with E-state index in [1.807, 2.05) is 12.1 Å². The largest absolute Gasteiger partial charge is 0.366 e. The third-order valence-electron chi connectivity index (χ3n) is 4.46. The summed E-state index contributed by atoms with van der Waals surface area (Å²) in [5, 5.41) is 6.95. The van der Waals surface area contributed by atoms with Crippen LogP contribution >= 0.6 is 11.6 Å². The fourth-order valence-electron chi connectivity index (χ4n) is 3.03. The van der Waals surface area contributed by atoms with E-state index in [0.717, 1.165) is 11.4 Å². The average Bonchev–Trinajstić information content (AvgIpc) is 2.90. The zero-order chi connectivity index (χ0) is 17.5. The van der Waals surface area contributed by atoms with E-state index in [0.29, 0.717) is 23.3 Å². The predicted molar refractivity (Wildman–Crippen MR) is 99.8 cm³/mol. The van der Waals surface area contributed by atoms with Crippen LogP contribution in [-0.4, -0.2) is 21.9 Å². The van der Waals surface area contributed by atoms with E-state index in [9.17, 15) is 4.79 Å². The minimum Gasteiger partial charge on any atom is -0.366 e. The first kappa shape index (κ1) is 17.7. The number of rotatable bonds is 5. The van der Waals surface area contributed by atoms with Crippen molar-refractivity contribution >= 4 is 23.3 Å². The van der Waals surface area contributed by atoms with Crippen LogP contribution in [0.3, 0.4) is 0 Å². The number of aromatic nitrogens is 2. The van der Waals surface area contributed by atoms with Crippen LogP contribution in [0.5, 0.6) is 0 Å². The van der Waals surface area contributed by atoms with Crippen LogP contribution in [0.25, 0.3) is 0 Å². The molecule has 0 aliphatic heterocycles. The molecule has 0 unspecified atom stereocenters. The molecule has 3 rings (SSSR count). The number of nitrogens with zero attached hydrogens (tertiary/aromatic N) is 2. The Labute approximate surface area is 153 Å². The van der Waals surface area contributed by atoms with Gasteiger partial charge in [-0.1, -0.05) is 49.4 Å². The number of hydrogen-bond acceptors (Lipinski definition) is 4. The van der Waals surface area contributed by atoms with Crippen LogP contribution in [0, 0.1) is 0 Å². The van der Waals surface area contributed by atoms with Crippen molar-refractivity contribution in [1.82, 2.24) is 15.3 Å². The lowest BCUT2D eigenvalue weighted by Crippen LogP contribution is -2.24. The van der Waals surface area contributed by atoms with Crippen LogP contribution < -0.4 is 10.6 Å². The molecule has 25 heavy (non-hydrogen) atoms. The van der Waals surface area contributed by atoms with Crippen molar-refractivity contribution in [3.8, 4) is 0 Å². The summed E-state index contributed by atoms with van der Waals surface area (Å²) in [5.41, 5.74) is 1.30. The summed E-state index contributed by atoms with van der Waals surface area (Å²) in [5.74, 6) is 0.504. The second-order valence-corrected chi connectivity index (χ2v) is 6.87. The van der Waals surface area contributed by atoms with Crippen molar-refractivity contribution in [2.75, 3.05) is 5.32 Å². The van der Waals surface area contributed by atoms with Gasteiger partial charge < -0.3 is 10.6 Å². The third-order valence-corrected chi connectivity index (χ3v) is 4.71. The van der Waals surface area contributed by atoms with E-state index in [4.69, 9.17) is 11.6 Å². The van der Waals surface area contributed by atoms with Crippen molar-refractivity contribution in [1.29, 1.82) is 0 Å². The van der Waals surface area contributed by atoms with Gasteiger partial charge >= 0.3 is 0 Å². The molecule has 1 aromatic carbocycles. The van der Waals surface area contributed by atoms with Gasteiger partial charge in [0.25, 0.3) is 5.91 Å². The molecule has 2 N–H and O–H groups in total. The van der Waals surface area contributed by atoms with Crippen LogP contribution in [0.15, 0.2) is 36.7 Å². The van der Waals surface area contributed by atoms with Gasteiger partial charge in [0, 0.05) is 17.6 Å². The van der Waals surface area contributed by atoms with Gasteiger partial charge in [0.05, 0.1) is 12.4 Å². The van der Waals surface area contributed by atoms with Gasteiger partial charge in [-0.2, -0.15) is 0 Å². The first-order valence-electron chi connectivity index (χ1n) is 8.82. The first-order chi connectivity index (χ1) is 12.2. The van der Waals surface area contributed by atoms with Crippen molar-refractivity contribution in [2.45, 2.75) is 51.1 Å². The summed E-state index contributed by atoms with van der Waals surface area (Å²) in [6.07, 6.45) is 10.7. The Bertz CT molecular complexity index is 680. The molecular weight excluding hydrogens is 336 g/mol. The molecule has 1 saturated carbocycles. The van der Waals surface area contributed by atoms with Gasteiger partial charge in [-0.3, -0.25) is 4.79 Å². The van der Waals surface area contributed by atoms with E-state index < -0.39 is 0 Å². The van der Waals surface area contributed by atoms with E-state index in [1.165, 1.54) is 44.7 Å². The van der Waals surface area contributed by atoms with Crippen LogP contribution in [-0.2, 0) is 6.54 Å². The molecule has 0 radical (unpaired) electrons. The number of nitrogens with one attached hydrogen (secondary N) is 2. The molecule has 1 amide bonds. The van der Waals surface area contributed by atoms with Crippen molar-refractivity contribution in [3.05, 3.63) is 52.9 Å². The Morgan fingerprint density at radius 2 is 1.76 bits per heavy atom. The van der Waals surface area contributed by atoms with Gasteiger partial charge in [-0.25, -0.2) is 9.97 Å². The molecule has 0 bridgehead atoms. The third kappa shape index (κ3) is 5.43. The highest BCUT2D eigenvalue weighted by molar-refractivity contribution is 6.30. The molecular formula is C19H23ClN4O. The second kappa shape index (κ2) is 8.81. The minimum absolute atomic E-state index is 0.233. The molecule has 1 fully saturated rings. The molecule has 1 aliphatic rings. The average molecular weight is 359 g/mol. The van der Waals surface area contributed by atoms with Crippen molar-refractivity contribution in [2.24, 2.45) is 0 Å². The zero-order valence-corrected chi connectivity index (χ0v) is 14.9. The Balaban J connectivity index is 1.52. The highest BCUT2D eigenvalue weighted by Crippen LogP contribution is 2.20. The SMILES string of the molecule is O=C(NCc1ccc(Cl)cc1)c1cnc(NC2CCCCCC2)cn1. The van der Waals surface area contributed by atoms with E-state index in [2.05, 4.69) is 20.6 Å². The normalized spacial score (nSPS) is 15.4. The predicted octanol–water partition coefficient (Wildman–Crippen LogP) is 4.19. The summed E-state index contributed by atoms with van der Waals surface area (Å²) in [6.45, 7) is 0.430. The fourth-order valence-corrected chi connectivity index (χ4v) is 3.15. The summed E-state index contributed by atoms with van der Waals surface area (Å²) >= 11 is 5.85. The maximum atomic E-state index is 12.2. The van der Waals surface area contributed by atoms with Crippen LogP contribution in [0.2, 0.25) is 5.02 Å². The summed E-state index contributed by atoms with van der Waals surface area (Å²) in [4.78, 5) is 20.7. The maximum absolute atomic E-state index is 12.2. The number of carbonyl (C=O) groups is 1. The van der Waals surface area contributed by atoms with Crippen LogP contribution in [0.1, 0.15) is 54.6 Å². The summed E-state index contributed by atoms with van der Waals surface area (Å²) in [7, 11) is 0. The molecule has 1 heterocycles. The van der Waals surface area contributed by atoms with E-state index >= 15 is 0 Å². The highest BCUT2D eigenvalue weighted by atomic mass is 35.5. The molecule has 0 atom stereocenters. The monoisotopic (exact) mass is 358 g/mol. The summed E-state index contributed by atoms with van der Waals surface area (Å²) in [6, 6.07) is 7.83. The fraction of sp³-hybridized carbons (Fsp3) is 0.421. The smallest absolute Gasteiger partial charge is 0.271 e. The van der Waals surface area contributed by atoms with Crippen molar-refractivity contribution in [3.63, 3.8) is 0 Å².